The third-order valence-corrected chi connectivity index (χ3v) is 2.53. The van der Waals surface area contributed by atoms with E-state index in [2.05, 4.69) is 11.1 Å². The molecule has 1 heterocycles. The van der Waals surface area contributed by atoms with Gasteiger partial charge in [0.15, 0.2) is 0 Å². The van der Waals surface area contributed by atoms with Gasteiger partial charge in [0, 0.05) is 11.9 Å². The summed E-state index contributed by atoms with van der Waals surface area (Å²) in [5.41, 5.74) is 2.41. The van der Waals surface area contributed by atoms with Crippen molar-refractivity contribution >= 4 is 5.57 Å². The summed E-state index contributed by atoms with van der Waals surface area (Å²) in [6.07, 6.45) is 7.96. The van der Waals surface area contributed by atoms with Crippen LogP contribution in [0.15, 0.2) is 24.4 Å². The minimum atomic E-state index is -0.249. The highest BCUT2D eigenvalue weighted by molar-refractivity contribution is 5.63. The molecule has 0 saturated heterocycles. The summed E-state index contributed by atoms with van der Waals surface area (Å²) in [5, 5.41) is 9.57. The molecule has 0 bridgehead atoms. The quantitative estimate of drug-likeness (QED) is 0.678. The molecule has 2 N–H and O–H groups in total. The molecule has 1 unspecified atom stereocenters. The number of hydrogen-bond acceptors (Lipinski definition) is 1. The van der Waals surface area contributed by atoms with Crippen LogP contribution in [0.3, 0.4) is 0 Å². The summed E-state index contributed by atoms with van der Waals surface area (Å²) in [7, 11) is 0. The van der Waals surface area contributed by atoms with Crippen LogP contribution in [0.1, 0.15) is 31.4 Å². The molecule has 0 amide bonds. The minimum absolute atomic E-state index is 0.249. The standard InChI is InChI=1S/C11H15NO/c13-10-5-2-1-4-9(8-10)11-6-3-7-12-11/h3,6-8,10,12-13H,1-2,4-5H2. The monoisotopic (exact) mass is 177 g/mol. The van der Waals surface area contributed by atoms with Gasteiger partial charge in [0.05, 0.1) is 6.10 Å². The molecule has 1 aromatic heterocycles. The lowest BCUT2D eigenvalue weighted by Crippen LogP contribution is -2.00. The Bertz CT molecular complexity index is 287. The lowest BCUT2D eigenvalue weighted by atomic mass is 10.1. The molecule has 0 aliphatic heterocycles. The zero-order valence-corrected chi connectivity index (χ0v) is 7.66. The first kappa shape index (κ1) is 8.57. The smallest absolute Gasteiger partial charge is 0.0727 e. The van der Waals surface area contributed by atoms with E-state index in [0.717, 1.165) is 25.0 Å². The van der Waals surface area contributed by atoms with Crippen molar-refractivity contribution in [3.05, 3.63) is 30.1 Å². The highest BCUT2D eigenvalue weighted by Gasteiger charge is 2.10. The van der Waals surface area contributed by atoms with Gasteiger partial charge in [-0.1, -0.05) is 12.5 Å². The summed E-state index contributed by atoms with van der Waals surface area (Å²) in [5.74, 6) is 0. The first-order valence-corrected chi connectivity index (χ1v) is 4.89. The second-order valence-corrected chi connectivity index (χ2v) is 3.59. The van der Waals surface area contributed by atoms with E-state index in [1.165, 1.54) is 12.0 Å². The van der Waals surface area contributed by atoms with E-state index in [0.29, 0.717) is 0 Å². The van der Waals surface area contributed by atoms with Gasteiger partial charge in [-0.15, -0.1) is 0 Å². The van der Waals surface area contributed by atoms with Crippen LogP contribution >= 0.6 is 0 Å². The lowest BCUT2D eigenvalue weighted by molar-refractivity contribution is 0.211. The number of aromatic amines is 1. The molecule has 0 radical (unpaired) electrons. The van der Waals surface area contributed by atoms with Gasteiger partial charge in [-0.2, -0.15) is 0 Å². The van der Waals surface area contributed by atoms with Gasteiger partial charge in [0.25, 0.3) is 0 Å². The molecule has 2 rings (SSSR count). The van der Waals surface area contributed by atoms with Crippen LogP contribution in [0, 0.1) is 0 Å². The van der Waals surface area contributed by atoms with E-state index < -0.39 is 0 Å². The molecule has 2 heteroatoms. The molecule has 1 aliphatic carbocycles. The number of allylic oxidation sites excluding steroid dienone is 1. The second kappa shape index (κ2) is 3.79. The summed E-state index contributed by atoms with van der Waals surface area (Å²) in [4.78, 5) is 3.18. The average molecular weight is 177 g/mol. The number of aliphatic hydroxyl groups is 1. The van der Waals surface area contributed by atoms with Crippen molar-refractivity contribution in [3.63, 3.8) is 0 Å². The van der Waals surface area contributed by atoms with E-state index >= 15 is 0 Å². The zero-order chi connectivity index (χ0) is 9.10. The van der Waals surface area contributed by atoms with E-state index in [9.17, 15) is 5.11 Å². The van der Waals surface area contributed by atoms with Crippen molar-refractivity contribution in [2.75, 3.05) is 0 Å². The Balaban J connectivity index is 2.21. The molecule has 1 aromatic rings. The van der Waals surface area contributed by atoms with Crippen LogP contribution in [-0.4, -0.2) is 16.2 Å². The van der Waals surface area contributed by atoms with Crippen LogP contribution in [0.2, 0.25) is 0 Å². The molecule has 1 atom stereocenters. The highest BCUT2D eigenvalue weighted by Crippen LogP contribution is 2.24. The fourth-order valence-corrected chi connectivity index (χ4v) is 1.82. The largest absolute Gasteiger partial charge is 0.389 e. The van der Waals surface area contributed by atoms with Crippen molar-refractivity contribution < 1.29 is 5.11 Å². The Morgan fingerprint density at radius 2 is 2.31 bits per heavy atom. The summed E-state index contributed by atoms with van der Waals surface area (Å²) in [6.45, 7) is 0. The molecule has 70 valence electrons. The highest BCUT2D eigenvalue weighted by atomic mass is 16.3. The fourth-order valence-electron chi connectivity index (χ4n) is 1.82. The van der Waals surface area contributed by atoms with Crippen LogP contribution in [0.5, 0.6) is 0 Å². The van der Waals surface area contributed by atoms with E-state index in [1.54, 1.807) is 0 Å². The Hall–Kier alpha value is -1.02. The minimum Gasteiger partial charge on any atom is -0.389 e. The number of nitrogens with one attached hydrogen (secondary N) is 1. The van der Waals surface area contributed by atoms with Crippen LogP contribution in [-0.2, 0) is 0 Å². The van der Waals surface area contributed by atoms with E-state index in [1.807, 2.05) is 18.3 Å². The number of aliphatic hydroxyl groups excluding tert-OH is 1. The molecule has 2 nitrogen and oxygen atoms in total. The predicted octanol–water partition coefficient (Wildman–Crippen LogP) is 2.33. The van der Waals surface area contributed by atoms with Crippen molar-refractivity contribution in [1.82, 2.24) is 4.98 Å². The third kappa shape index (κ3) is 2.01. The number of hydrogen-bond donors (Lipinski definition) is 2. The Labute approximate surface area is 78.3 Å². The number of H-pyrrole nitrogens is 1. The Morgan fingerprint density at radius 1 is 1.38 bits per heavy atom. The molecule has 0 saturated carbocycles. The third-order valence-electron chi connectivity index (χ3n) is 2.53. The van der Waals surface area contributed by atoms with Crippen molar-refractivity contribution in [2.24, 2.45) is 0 Å². The molecular formula is C11H15NO. The van der Waals surface area contributed by atoms with Crippen LogP contribution in [0.4, 0.5) is 0 Å². The molecule has 0 spiro atoms. The lowest BCUT2D eigenvalue weighted by Gasteiger charge is -2.03. The molecule has 0 fully saturated rings. The number of aromatic nitrogens is 1. The van der Waals surface area contributed by atoms with Crippen molar-refractivity contribution in [3.8, 4) is 0 Å². The zero-order valence-electron chi connectivity index (χ0n) is 7.66. The molecule has 13 heavy (non-hydrogen) atoms. The average Bonchev–Trinajstić information content (AvgIpc) is 2.56. The molecule has 1 aliphatic rings. The summed E-state index contributed by atoms with van der Waals surface area (Å²) in [6, 6.07) is 4.05. The predicted molar refractivity (Wildman–Crippen MR) is 53.2 cm³/mol. The second-order valence-electron chi connectivity index (χ2n) is 3.59. The Kier molecular flexibility index (Phi) is 2.50. The maximum atomic E-state index is 9.57. The summed E-state index contributed by atoms with van der Waals surface area (Å²) >= 11 is 0. The van der Waals surface area contributed by atoms with Crippen LogP contribution in [0.25, 0.3) is 5.57 Å². The molecular weight excluding hydrogens is 162 g/mol. The fraction of sp³-hybridized carbons (Fsp3) is 0.455. The van der Waals surface area contributed by atoms with Gasteiger partial charge in [0.1, 0.15) is 0 Å². The first-order valence-electron chi connectivity index (χ1n) is 4.89. The van der Waals surface area contributed by atoms with Gasteiger partial charge in [0.2, 0.25) is 0 Å². The Morgan fingerprint density at radius 3 is 3.08 bits per heavy atom. The van der Waals surface area contributed by atoms with Crippen molar-refractivity contribution in [2.45, 2.75) is 31.8 Å². The van der Waals surface area contributed by atoms with Gasteiger partial charge in [-0.25, -0.2) is 0 Å². The van der Waals surface area contributed by atoms with Crippen molar-refractivity contribution in [1.29, 1.82) is 0 Å². The van der Waals surface area contributed by atoms with Gasteiger partial charge >= 0.3 is 0 Å². The molecule has 0 aromatic carbocycles. The topological polar surface area (TPSA) is 36.0 Å². The van der Waals surface area contributed by atoms with Gasteiger partial charge in [-0.05, 0) is 37.0 Å². The van der Waals surface area contributed by atoms with E-state index in [4.69, 9.17) is 0 Å². The van der Waals surface area contributed by atoms with Crippen LogP contribution < -0.4 is 0 Å². The maximum absolute atomic E-state index is 9.57. The van der Waals surface area contributed by atoms with Gasteiger partial charge in [-0.3, -0.25) is 0 Å². The van der Waals surface area contributed by atoms with E-state index in [-0.39, 0.29) is 6.10 Å². The number of rotatable bonds is 1. The first-order chi connectivity index (χ1) is 6.36. The van der Waals surface area contributed by atoms with Gasteiger partial charge < -0.3 is 10.1 Å². The maximum Gasteiger partial charge on any atom is 0.0727 e. The summed E-state index contributed by atoms with van der Waals surface area (Å²) < 4.78 is 0. The SMILES string of the molecule is OC1C=C(c2ccc[nH]2)CCCC1. The normalized spacial score (nSPS) is 23.8.